The highest BCUT2D eigenvalue weighted by atomic mass is 16.5. The zero-order valence-electron chi connectivity index (χ0n) is 14.2. The van der Waals surface area contributed by atoms with E-state index in [1.165, 1.54) is 0 Å². The van der Waals surface area contributed by atoms with Crippen LogP contribution in [-0.4, -0.2) is 56.1 Å². The Bertz CT molecular complexity index is 612. The fraction of sp³-hybridized carbons (Fsp3) is 0.556. The highest BCUT2D eigenvalue weighted by Crippen LogP contribution is 2.23. The summed E-state index contributed by atoms with van der Waals surface area (Å²) in [7, 11) is 0. The van der Waals surface area contributed by atoms with Crippen LogP contribution in [-0.2, 0) is 14.3 Å². The second-order valence-electron chi connectivity index (χ2n) is 6.42. The molecule has 1 aromatic rings. The van der Waals surface area contributed by atoms with Gasteiger partial charge in [-0.25, -0.2) is 0 Å². The van der Waals surface area contributed by atoms with E-state index in [9.17, 15) is 9.59 Å². The van der Waals surface area contributed by atoms with Crippen LogP contribution in [0, 0.1) is 6.92 Å². The van der Waals surface area contributed by atoms with Gasteiger partial charge in [0, 0.05) is 37.4 Å². The SMILES string of the molecule is Cc1cc(N2CCOCC2)ccc1NC(=O)CN1CCCCC1=O. The monoisotopic (exact) mass is 331 g/mol. The van der Waals surface area contributed by atoms with Crippen molar-refractivity contribution in [2.75, 3.05) is 49.6 Å². The van der Waals surface area contributed by atoms with E-state index in [1.807, 2.05) is 19.1 Å². The molecule has 0 bridgehead atoms. The van der Waals surface area contributed by atoms with Crippen LogP contribution in [0.25, 0.3) is 0 Å². The second kappa shape index (κ2) is 7.66. The maximum Gasteiger partial charge on any atom is 0.244 e. The predicted molar refractivity (Wildman–Crippen MR) is 93.3 cm³/mol. The average Bonchev–Trinajstić information content (AvgIpc) is 2.59. The van der Waals surface area contributed by atoms with Crippen LogP contribution < -0.4 is 10.2 Å². The van der Waals surface area contributed by atoms with Gasteiger partial charge in [-0.05, 0) is 43.5 Å². The maximum atomic E-state index is 12.2. The molecular weight excluding hydrogens is 306 g/mol. The van der Waals surface area contributed by atoms with Gasteiger partial charge in [0.05, 0.1) is 19.8 Å². The van der Waals surface area contributed by atoms with E-state index in [-0.39, 0.29) is 18.4 Å². The molecule has 2 amide bonds. The molecular formula is C18H25N3O3. The first-order valence-electron chi connectivity index (χ1n) is 8.64. The number of anilines is 2. The molecule has 0 aromatic heterocycles. The number of carbonyl (C=O) groups is 2. The van der Waals surface area contributed by atoms with E-state index in [4.69, 9.17) is 4.74 Å². The third-order valence-corrected chi connectivity index (χ3v) is 4.62. The summed E-state index contributed by atoms with van der Waals surface area (Å²) < 4.78 is 5.38. The number of likely N-dealkylation sites (tertiary alicyclic amines) is 1. The molecule has 0 aliphatic carbocycles. The standard InChI is InChI=1S/C18H25N3O3/c1-14-12-15(20-8-10-24-11-9-20)5-6-16(14)19-17(22)13-21-7-3-2-4-18(21)23/h5-6,12H,2-4,7-11,13H2,1H3,(H,19,22). The number of carbonyl (C=O) groups excluding carboxylic acids is 2. The number of nitrogens with zero attached hydrogens (tertiary/aromatic N) is 2. The Morgan fingerprint density at radius 3 is 2.71 bits per heavy atom. The van der Waals surface area contributed by atoms with Crippen LogP contribution in [0.3, 0.4) is 0 Å². The van der Waals surface area contributed by atoms with Crippen molar-refractivity contribution in [3.63, 3.8) is 0 Å². The van der Waals surface area contributed by atoms with Gasteiger partial charge in [0.15, 0.2) is 0 Å². The summed E-state index contributed by atoms with van der Waals surface area (Å²) in [5.41, 5.74) is 2.98. The summed E-state index contributed by atoms with van der Waals surface area (Å²) in [6.07, 6.45) is 2.46. The Labute approximate surface area is 142 Å². The molecule has 0 spiro atoms. The Kier molecular flexibility index (Phi) is 5.35. The Balaban J connectivity index is 1.60. The third kappa shape index (κ3) is 4.06. The van der Waals surface area contributed by atoms with Crippen molar-refractivity contribution in [2.24, 2.45) is 0 Å². The lowest BCUT2D eigenvalue weighted by Crippen LogP contribution is -2.40. The van der Waals surface area contributed by atoms with Crippen molar-refractivity contribution in [3.05, 3.63) is 23.8 Å². The first kappa shape index (κ1) is 16.8. The average molecular weight is 331 g/mol. The first-order valence-corrected chi connectivity index (χ1v) is 8.64. The number of hydrogen-bond donors (Lipinski definition) is 1. The molecule has 1 aromatic carbocycles. The Morgan fingerprint density at radius 2 is 2.00 bits per heavy atom. The summed E-state index contributed by atoms with van der Waals surface area (Å²) in [6, 6.07) is 6.06. The molecule has 0 unspecified atom stereocenters. The number of morpholine rings is 1. The summed E-state index contributed by atoms with van der Waals surface area (Å²) >= 11 is 0. The predicted octanol–water partition coefficient (Wildman–Crippen LogP) is 1.78. The van der Waals surface area contributed by atoms with Gasteiger partial charge in [0.25, 0.3) is 0 Å². The van der Waals surface area contributed by atoms with Crippen molar-refractivity contribution < 1.29 is 14.3 Å². The number of aryl methyl sites for hydroxylation is 1. The summed E-state index contributed by atoms with van der Waals surface area (Å²) in [4.78, 5) is 28.0. The van der Waals surface area contributed by atoms with E-state index in [2.05, 4.69) is 16.3 Å². The zero-order chi connectivity index (χ0) is 16.9. The smallest absolute Gasteiger partial charge is 0.244 e. The highest BCUT2D eigenvalue weighted by Gasteiger charge is 2.20. The molecule has 2 aliphatic heterocycles. The quantitative estimate of drug-likeness (QED) is 0.914. The van der Waals surface area contributed by atoms with Gasteiger partial charge in [-0.2, -0.15) is 0 Å². The number of rotatable bonds is 4. The van der Waals surface area contributed by atoms with Crippen molar-refractivity contribution >= 4 is 23.2 Å². The Hall–Kier alpha value is -2.08. The van der Waals surface area contributed by atoms with E-state index in [0.717, 1.165) is 56.1 Å². The molecule has 2 aliphatic rings. The molecule has 2 fully saturated rings. The number of hydrogen-bond acceptors (Lipinski definition) is 4. The molecule has 2 heterocycles. The summed E-state index contributed by atoms with van der Waals surface area (Å²) in [6.45, 7) is 6.10. The minimum atomic E-state index is -0.132. The van der Waals surface area contributed by atoms with E-state index < -0.39 is 0 Å². The van der Waals surface area contributed by atoms with Gasteiger partial charge in [0.2, 0.25) is 11.8 Å². The fourth-order valence-electron chi connectivity index (χ4n) is 3.20. The van der Waals surface area contributed by atoms with Crippen molar-refractivity contribution in [1.82, 2.24) is 4.90 Å². The van der Waals surface area contributed by atoms with Crippen molar-refractivity contribution in [2.45, 2.75) is 26.2 Å². The van der Waals surface area contributed by atoms with Crippen LogP contribution >= 0.6 is 0 Å². The lowest BCUT2D eigenvalue weighted by molar-refractivity contribution is -0.136. The summed E-state index contributed by atoms with van der Waals surface area (Å²) in [5, 5.41) is 2.93. The van der Waals surface area contributed by atoms with Crippen LogP contribution in [0.4, 0.5) is 11.4 Å². The molecule has 130 valence electrons. The number of amides is 2. The molecule has 0 atom stereocenters. The van der Waals surface area contributed by atoms with Gasteiger partial charge < -0.3 is 19.9 Å². The topological polar surface area (TPSA) is 61.9 Å². The fourth-order valence-corrected chi connectivity index (χ4v) is 3.20. The van der Waals surface area contributed by atoms with Gasteiger partial charge >= 0.3 is 0 Å². The van der Waals surface area contributed by atoms with Gasteiger partial charge in [-0.15, -0.1) is 0 Å². The van der Waals surface area contributed by atoms with E-state index in [0.29, 0.717) is 13.0 Å². The number of nitrogens with one attached hydrogen (secondary N) is 1. The highest BCUT2D eigenvalue weighted by molar-refractivity contribution is 5.95. The third-order valence-electron chi connectivity index (χ3n) is 4.62. The van der Waals surface area contributed by atoms with Gasteiger partial charge in [-0.3, -0.25) is 9.59 Å². The molecule has 0 saturated carbocycles. The molecule has 6 nitrogen and oxygen atoms in total. The van der Waals surface area contributed by atoms with Crippen LogP contribution in [0.2, 0.25) is 0 Å². The summed E-state index contributed by atoms with van der Waals surface area (Å²) in [5.74, 6) is -0.0525. The van der Waals surface area contributed by atoms with Crippen LogP contribution in [0.15, 0.2) is 18.2 Å². The minimum absolute atomic E-state index is 0.0794. The van der Waals surface area contributed by atoms with Crippen molar-refractivity contribution in [3.8, 4) is 0 Å². The molecule has 0 radical (unpaired) electrons. The Morgan fingerprint density at radius 1 is 1.21 bits per heavy atom. The molecule has 2 saturated heterocycles. The zero-order valence-corrected chi connectivity index (χ0v) is 14.2. The van der Waals surface area contributed by atoms with Crippen molar-refractivity contribution in [1.29, 1.82) is 0 Å². The largest absolute Gasteiger partial charge is 0.378 e. The maximum absolute atomic E-state index is 12.2. The van der Waals surface area contributed by atoms with E-state index >= 15 is 0 Å². The minimum Gasteiger partial charge on any atom is -0.378 e. The number of piperidine rings is 1. The first-order chi connectivity index (χ1) is 11.6. The second-order valence-corrected chi connectivity index (χ2v) is 6.42. The number of ether oxygens (including phenoxy) is 1. The molecule has 3 rings (SSSR count). The molecule has 6 heteroatoms. The van der Waals surface area contributed by atoms with Gasteiger partial charge in [-0.1, -0.05) is 0 Å². The van der Waals surface area contributed by atoms with Crippen LogP contribution in [0.1, 0.15) is 24.8 Å². The van der Waals surface area contributed by atoms with E-state index in [1.54, 1.807) is 4.90 Å². The molecule has 1 N–H and O–H groups in total. The van der Waals surface area contributed by atoms with Gasteiger partial charge in [0.1, 0.15) is 0 Å². The van der Waals surface area contributed by atoms with Crippen LogP contribution in [0.5, 0.6) is 0 Å². The lowest BCUT2D eigenvalue weighted by atomic mass is 10.1. The molecule has 24 heavy (non-hydrogen) atoms. The number of benzene rings is 1. The lowest BCUT2D eigenvalue weighted by Gasteiger charge is -2.29. The normalized spacial score (nSPS) is 18.6.